The van der Waals surface area contributed by atoms with E-state index in [0.717, 1.165) is 43.6 Å². The van der Waals surface area contributed by atoms with E-state index in [0.29, 0.717) is 17.5 Å². The normalized spacial score (nSPS) is 23.4. The van der Waals surface area contributed by atoms with Gasteiger partial charge < -0.3 is 10.6 Å². The molecule has 1 saturated heterocycles. The molecular formula is C22H25F3N2. The zero-order valence-corrected chi connectivity index (χ0v) is 15.2. The molecule has 2 fully saturated rings. The SMILES string of the molecule is FC(F)(F)c1cccc(-c2ccc([C@@H]3C[C@@H]3NCC3CCNCC3)cc2)c1. The average molecular weight is 374 g/mol. The van der Waals surface area contributed by atoms with Gasteiger partial charge in [0.2, 0.25) is 0 Å². The lowest BCUT2D eigenvalue weighted by molar-refractivity contribution is -0.137. The lowest BCUT2D eigenvalue weighted by atomic mass is 9.98. The molecule has 0 spiro atoms. The number of nitrogens with one attached hydrogen (secondary N) is 2. The Labute approximate surface area is 158 Å². The van der Waals surface area contributed by atoms with Gasteiger partial charge in [0.05, 0.1) is 5.56 Å². The molecule has 2 N–H and O–H groups in total. The second-order valence-electron chi connectivity index (χ2n) is 7.75. The van der Waals surface area contributed by atoms with E-state index in [4.69, 9.17) is 0 Å². The van der Waals surface area contributed by atoms with Gasteiger partial charge in [-0.1, -0.05) is 36.4 Å². The van der Waals surface area contributed by atoms with Gasteiger partial charge >= 0.3 is 6.18 Å². The van der Waals surface area contributed by atoms with E-state index in [1.165, 1.54) is 30.5 Å². The predicted octanol–water partition coefficient (Wildman–Crippen LogP) is 4.82. The van der Waals surface area contributed by atoms with E-state index >= 15 is 0 Å². The molecule has 1 aliphatic carbocycles. The van der Waals surface area contributed by atoms with Gasteiger partial charge in [-0.15, -0.1) is 0 Å². The van der Waals surface area contributed by atoms with Crippen molar-refractivity contribution in [3.05, 3.63) is 59.7 Å². The van der Waals surface area contributed by atoms with Gasteiger partial charge in [0.1, 0.15) is 0 Å². The van der Waals surface area contributed by atoms with Crippen LogP contribution < -0.4 is 10.6 Å². The summed E-state index contributed by atoms with van der Waals surface area (Å²) >= 11 is 0. The molecule has 1 heterocycles. The second-order valence-corrected chi connectivity index (χ2v) is 7.75. The fourth-order valence-electron chi connectivity index (χ4n) is 3.99. The maximum absolute atomic E-state index is 12.9. The molecule has 0 aromatic heterocycles. The number of benzene rings is 2. The molecular weight excluding hydrogens is 349 g/mol. The third-order valence-electron chi connectivity index (χ3n) is 5.78. The third-order valence-corrected chi connectivity index (χ3v) is 5.78. The monoisotopic (exact) mass is 374 g/mol. The lowest BCUT2D eigenvalue weighted by Crippen LogP contribution is -2.34. The van der Waals surface area contributed by atoms with Gasteiger partial charge in [-0.25, -0.2) is 0 Å². The number of alkyl halides is 3. The molecule has 0 amide bonds. The smallest absolute Gasteiger partial charge is 0.317 e. The summed E-state index contributed by atoms with van der Waals surface area (Å²) in [7, 11) is 0. The van der Waals surface area contributed by atoms with E-state index < -0.39 is 11.7 Å². The Morgan fingerprint density at radius 1 is 0.963 bits per heavy atom. The highest BCUT2D eigenvalue weighted by atomic mass is 19.4. The Bertz CT molecular complexity index is 764. The quantitative estimate of drug-likeness (QED) is 0.784. The average Bonchev–Trinajstić information content (AvgIpc) is 3.47. The maximum atomic E-state index is 12.9. The summed E-state index contributed by atoms with van der Waals surface area (Å²) < 4.78 is 38.7. The van der Waals surface area contributed by atoms with Crippen LogP contribution in [0.25, 0.3) is 11.1 Å². The first-order valence-corrected chi connectivity index (χ1v) is 9.72. The zero-order chi connectivity index (χ0) is 18.9. The van der Waals surface area contributed by atoms with Crippen molar-refractivity contribution in [3.63, 3.8) is 0 Å². The Balaban J connectivity index is 1.36. The third kappa shape index (κ3) is 4.53. The van der Waals surface area contributed by atoms with Crippen LogP contribution in [0.4, 0.5) is 13.2 Å². The van der Waals surface area contributed by atoms with Crippen molar-refractivity contribution in [2.24, 2.45) is 5.92 Å². The number of hydrogen-bond acceptors (Lipinski definition) is 2. The zero-order valence-electron chi connectivity index (χ0n) is 15.2. The molecule has 0 unspecified atom stereocenters. The first kappa shape index (κ1) is 18.5. The first-order valence-electron chi connectivity index (χ1n) is 9.72. The summed E-state index contributed by atoms with van der Waals surface area (Å²) in [6.07, 6.45) is -0.669. The van der Waals surface area contributed by atoms with E-state index in [1.807, 2.05) is 12.1 Å². The largest absolute Gasteiger partial charge is 0.416 e. The van der Waals surface area contributed by atoms with Crippen molar-refractivity contribution < 1.29 is 13.2 Å². The fraction of sp³-hybridized carbons (Fsp3) is 0.455. The molecule has 1 aliphatic heterocycles. The number of hydrogen-bond donors (Lipinski definition) is 2. The minimum Gasteiger partial charge on any atom is -0.317 e. The molecule has 0 radical (unpaired) electrons. The van der Waals surface area contributed by atoms with Crippen molar-refractivity contribution in [1.82, 2.24) is 10.6 Å². The van der Waals surface area contributed by atoms with Gasteiger partial charge in [-0.3, -0.25) is 0 Å². The maximum Gasteiger partial charge on any atom is 0.416 e. The van der Waals surface area contributed by atoms with Crippen LogP contribution in [0.2, 0.25) is 0 Å². The minimum absolute atomic E-state index is 0.530. The molecule has 4 rings (SSSR count). The van der Waals surface area contributed by atoms with Crippen LogP contribution >= 0.6 is 0 Å². The van der Waals surface area contributed by atoms with Crippen molar-refractivity contribution in [3.8, 4) is 11.1 Å². The van der Waals surface area contributed by atoms with Gasteiger partial charge in [0, 0.05) is 12.0 Å². The lowest BCUT2D eigenvalue weighted by Gasteiger charge is -2.22. The highest BCUT2D eigenvalue weighted by Crippen LogP contribution is 2.41. The van der Waals surface area contributed by atoms with E-state index in [2.05, 4.69) is 22.8 Å². The molecule has 2 aromatic carbocycles. The van der Waals surface area contributed by atoms with Crippen LogP contribution in [0.15, 0.2) is 48.5 Å². The Morgan fingerprint density at radius 2 is 1.70 bits per heavy atom. The summed E-state index contributed by atoms with van der Waals surface area (Å²) in [5, 5.41) is 7.09. The van der Waals surface area contributed by atoms with Crippen LogP contribution in [-0.2, 0) is 6.18 Å². The van der Waals surface area contributed by atoms with Crippen molar-refractivity contribution in [2.45, 2.75) is 37.4 Å². The highest BCUT2D eigenvalue weighted by molar-refractivity contribution is 5.65. The van der Waals surface area contributed by atoms with Crippen molar-refractivity contribution in [2.75, 3.05) is 19.6 Å². The van der Waals surface area contributed by atoms with Crippen LogP contribution in [0.5, 0.6) is 0 Å². The molecule has 2 aliphatic rings. The Morgan fingerprint density at radius 3 is 2.41 bits per heavy atom. The van der Waals surface area contributed by atoms with E-state index in [-0.39, 0.29) is 0 Å². The summed E-state index contributed by atoms with van der Waals surface area (Å²) in [4.78, 5) is 0. The van der Waals surface area contributed by atoms with Crippen LogP contribution in [0.3, 0.4) is 0 Å². The fourth-order valence-corrected chi connectivity index (χ4v) is 3.99. The van der Waals surface area contributed by atoms with E-state index in [9.17, 15) is 13.2 Å². The molecule has 5 heteroatoms. The van der Waals surface area contributed by atoms with Gasteiger partial charge in [-0.2, -0.15) is 13.2 Å². The summed E-state index contributed by atoms with van der Waals surface area (Å²) in [6.45, 7) is 3.33. The predicted molar refractivity (Wildman–Crippen MR) is 102 cm³/mol. The van der Waals surface area contributed by atoms with Crippen LogP contribution in [-0.4, -0.2) is 25.7 Å². The molecule has 2 atom stereocenters. The van der Waals surface area contributed by atoms with Gasteiger partial charge in [0.25, 0.3) is 0 Å². The van der Waals surface area contributed by atoms with Crippen molar-refractivity contribution >= 4 is 0 Å². The molecule has 0 bridgehead atoms. The Kier molecular flexibility index (Phi) is 5.24. The number of halogens is 3. The standard InChI is InChI=1S/C22H25F3N2/c23-22(24,25)19-3-1-2-18(12-19)16-4-6-17(7-5-16)20-13-21(20)27-14-15-8-10-26-11-9-15/h1-7,12,15,20-21,26-27H,8-11,13-14H2/t20-,21-/m0/s1. The number of rotatable bonds is 5. The molecule has 144 valence electrons. The second kappa shape index (κ2) is 7.64. The molecule has 2 aromatic rings. The van der Waals surface area contributed by atoms with Crippen LogP contribution in [0.1, 0.15) is 36.3 Å². The number of piperidine rings is 1. The molecule has 2 nitrogen and oxygen atoms in total. The van der Waals surface area contributed by atoms with Gasteiger partial charge in [0.15, 0.2) is 0 Å². The Hall–Kier alpha value is -1.85. The van der Waals surface area contributed by atoms with E-state index in [1.54, 1.807) is 6.07 Å². The summed E-state index contributed by atoms with van der Waals surface area (Å²) in [5.41, 5.74) is 2.10. The van der Waals surface area contributed by atoms with Crippen LogP contribution in [0, 0.1) is 5.92 Å². The highest BCUT2D eigenvalue weighted by Gasteiger charge is 2.38. The topological polar surface area (TPSA) is 24.1 Å². The van der Waals surface area contributed by atoms with Crippen molar-refractivity contribution in [1.29, 1.82) is 0 Å². The summed E-state index contributed by atoms with van der Waals surface area (Å²) in [5.74, 6) is 1.30. The molecule has 27 heavy (non-hydrogen) atoms. The molecule has 1 saturated carbocycles. The minimum atomic E-state index is -4.31. The van der Waals surface area contributed by atoms with Gasteiger partial charge in [-0.05, 0) is 73.6 Å². The summed E-state index contributed by atoms with van der Waals surface area (Å²) in [6, 6.07) is 14.1. The first-order chi connectivity index (χ1) is 13.0.